The second-order valence-electron chi connectivity index (χ2n) is 8.37. The lowest BCUT2D eigenvalue weighted by molar-refractivity contribution is 0.0979. The zero-order valence-corrected chi connectivity index (χ0v) is 19.6. The topological polar surface area (TPSA) is 69.9 Å². The van der Waals surface area contributed by atoms with Gasteiger partial charge in [-0.25, -0.2) is 15.0 Å². The van der Waals surface area contributed by atoms with Crippen molar-refractivity contribution in [1.82, 2.24) is 19.5 Å². The molecule has 0 fully saturated rings. The lowest BCUT2D eigenvalue weighted by Gasteiger charge is -2.13. The summed E-state index contributed by atoms with van der Waals surface area (Å²) in [6, 6.07) is 23.4. The van der Waals surface area contributed by atoms with Crippen LogP contribution in [0.4, 0.5) is 0 Å². The van der Waals surface area contributed by atoms with Gasteiger partial charge in [0, 0.05) is 42.0 Å². The molecule has 0 saturated carbocycles. The molecule has 6 heteroatoms. The zero-order valence-electron chi connectivity index (χ0n) is 19.6. The van der Waals surface area contributed by atoms with Gasteiger partial charge in [0.05, 0.1) is 30.2 Å². The van der Waals surface area contributed by atoms with E-state index in [1.54, 1.807) is 19.6 Å². The number of carbonyl (C=O) groups is 1. The number of para-hydroxylation sites is 1. The van der Waals surface area contributed by atoms with Crippen LogP contribution in [0.1, 0.15) is 29.6 Å². The van der Waals surface area contributed by atoms with Gasteiger partial charge in [-0.1, -0.05) is 42.5 Å². The zero-order chi connectivity index (χ0) is 24.0. The maximum absolute atomic E-state index is 12.9. The molecular weight excluding hydrogens is 436 g/mol. The van der Waals surface area contributed by atoms with Crippen LogP contribution in [0.2, 0.25) is 0 Å². The molecule has 0 aliphatic heterocycles. The van der Waals surface area contributed by atoms with E-state index in [2.05, 4.69) is 4.98 Å². The summed E-state index contributed by atoms with van der Waals surface area (Å²) < 4.78 is 7.65. The van der Waals surface area contributed by atoms with Crippen LogP contribution in [0.25, 0.3) is 33.5 Å². The summed E-state index contributed by atoms with van der Waals surface area (Å²) >= 11 is 0. The molecule has 0 saturated heterocycles. The van der Waals surface area contributed by atoms with Crippen LogP contribution in [0.15, 0.2) is 91.5 Å². The van der Waals surface area contributed by atoms with E-state index in [-0.39, 0.29) is 5.78 Å². The van der Waals surface area contributed by atoms with Gasteiger partial charge in [0.1, 0.15) is 11.4 Å². The molecule has 5 rings (SSSR count). The maximum Gasteiger partial charge on any atom is 0.162 e. The summed E-state index contributed by atoms with van der Waals surface area (Å²) in [6.07, 6.45) is 7.74. The van der Waals surface area contributed by atoms with Crippen molar-refractivity contribution in [2.45, 2.75) is 25.8 Å². The summed E-state index contributed by atoms with van der Waals surface area (Å²) in [5.41, 5.74) is 5.44. The van der Waals surface area contributed by atoms with Crippen molar-refractivity contribution < 1.29 is 9.53 Å². The third-order valence-electron chi connectivity index (χ3n) is 6.02. The second kappa shape index (κ2) is 10.3. The van der Waals surface area contributed by atoms with Gasteiger partial charge in [-0.2, -0.15) is 0 Å². The largest absolute Gasteiger partial charge is 0.496 e. The molecule has 0 bridgehead atoms. The minimum atomic E-state index is 0.116. The van der Waals surface area contributed by atoms with Crippen LogP contribution in [0.5, 0.6) is 5.75 Å². The predicted molar refractivity (Wildman–Crippen MR) is 137 cm³/mol. The monoisotopic (exact) mass is 462 g/mol. The molecule has 0 spiro atoms. The third kappa shape index (κ3) is 4.96. The number of nitrogens with zero attached hydrogens (tertiary/aromatic N) is 4. The SMILES string of the molecule is COc1ccccc1-c1nc2cc(C(=O)CCCCn3ccnc3)ccc2nc1-c1ccccc1. The lowest BCUT2D eigenvalue weighted by Crippen LogP contribution is -2.02. The van der Waals surface area contributed by atoms with Crippen molar-refractivity contribution in [3.63, 3.8) is 0 Å². The first-order valence-electron chi connectivity index (χ1n) is 11.7. The van der Waals surface area contributed by atoms with Crippen molar-refractivity contribution >= 4 is 16.8 Å². The van der Waals surface area contributed by atoms with Gasteiger partial charge in [-0.15, -0.1) is 0 Å². The molecule has 2 heterocycles. The third-order valence-corrected chi connectivity index (χ3v) is 6.02. The van der Waals surface area contributed by atoms with E-state index in [0.717, 1.165) is 53.2 Å². The molecule has 0 amide bonds. The van der Waals surface area contributed by atoms with Crippen molar-refractivity contribution in [3.05, 3.63) is 97.1 Å². The number of ketones is 1. The Balaban J connectivity index is 1.47. The highest BCUT2D eigenvalue weighted by molar-refractivity contribution is 5.99. The van der Waals surface area contributed by atoms with Gasteiger partial charge in [0.2, 0.25) is 0 Å². The van der Waals surface area contributed by atoms with Crippen LogP contribution in [0, 0.1) is 0 Å². The number of imidazole rings is 1. The molecule has 0 radical (unpaired) electrons. The average molecular weight is 463 g/mol. The molecule has 0 aliphatic carbocycles. The minimum absolute atomic E-state index is 0.116. The fourth-order valence-corrected chi connectivity index (χ4v) is 4.20. The number of Topliss-reactive ketones (excluding diaryl/α,β-unsaturated/α-hetero) is 1. The fraction of sp³-hybridized carbons (Fsp3) is 0.172. The first-order valence-corrected chi connectivity index (χ1v) is 11.7. The van der Waals surface area contributed by atoms with Gasteiger partial charge in [0.15, 0.2) is 5.78 Å². The lowest BCUT2D eigenvalue weighted by atomic mass is 10.0. The van der Waals surface area contributed by atoms with Crippen LogP contribution >= 0.6 is 0 Å². The fourth-order valence-electron chi connectivity index (χ4n) is 4.20. The van der Waals surface area contributed by atoms with Gasteiger partial charge >= 0.3 is 0 Å². The summed E-state index contributed by atoms with van der Waals surface area (Å²) in [5.74, 6) is 0.841. The van der Waals surface area contributed by atoms with Crippen molar-refractivity contribution in [2.75, 3.05) is 7.11 Å². The number of aryl methyl sites for hydroxylation is 1. The molecule has 35 heavy (non-hydrogen) atoms. The van der Waals surface area contributed by atoms with Crippen molar-refractivity contribution in [2.24, 2.45) is 0 Å². The second-order valence-corrected chi connectivity index (χ2v) is 8.37. The Kier molecular flexibility index (Phi) is 6.61. The quantitative estimate of drug-likeness (QED) is 0.192. The van der Waals surface area contributed by atoms with Gasteiger partial charge in [-0.3, -0.25) is 4.79 Å². The Morgan fingerprint density at radius 1 is 0.886 bits per heavy atom. The van der Waals surface area contributed by atoms with E-state index in [1.165, 1.54) is 0 Å². The summed E-state index contributed by atoms with van der Waals surface area (Å²) in [4.78, 5) is 26.9. The van der Waals surface area contributed by atoms with Crippen LogP contribution in [-0.4, -0.2) is 32.4 Å². The van der Waals surface area contributed by atoms with E-state index >= 15 is 0 Å². The molecule has 0 aliphatic rings. The summed E-state index contributed by atoms with van der Waals surface area (Å²) in [6.45, 7) is 0.862. The van der Waals surface area contributed by atoms with Crippen molar-refractivity contribution in [1.29, 1.82) is 0 Å². The van der Waals surface area contributed by atoms with Gasteiger partial charge < -0.3 is 9.30 Å². The number of carbonyl (C=O) groups excluding carboxylic acids is 1. The number of aromatic nitrogens is 4. The molecule has 0 unspecified atom stereocenters. The Morgan fingerprint density at radius 2 is 1.69 bits per heavy atom. The Labute approximate surface area is 204 Å². The molecule has 2 aromatic heterocycles. The Bertz CT molecular complexity index is 1450. The number of benzene rings is 3. The number of methoxy groups -OCH3 is 1. The average Bonchev–Trinajstić information content (AvgIpc) is 3.44. The Hall–Kier alpha value is -4.32. The van der Waals surface area contributed by atoms with Gasteiger partial charge in [-0.05, 0) is 43.2 Å². The molecule has 3 aromatic carbocycles. The molecule has 0 atom stereocenters. The van der Waals surface area contributed by atoms with E-state index in [0.29, 0.717) is 17.5 Å². The van der Waals surface area contributed by atoms with E-state index < -0.39 is 0 Å². The standard InChI is InChI=1S/C29H26N4O2/c1-35-27-13-6-5-11-23(27)29-28(21-9-3-2-4-10-21)31-24-15-14-22(19-25(24)32-29)26(34)12-7-8-17-33-18-16-30-20-33/h2-6,9-11,13-16,18-20H,7-8,12,17H2,1H3. The molecule has 0 N–H and O–H groups in total. The normalized spacial score (nSPS) is 11.0. The smallest absolute Gasteiger partial charge is 0.162 e. The first-order chi connectivity index (χ1) is 17.2. The molecule has 6 nitrogen and oxygen atoms in total. The number of hydrogen-bond donors (Lipinski definition) is 0. The first kappa shape index (κ1) is 22.5. The van der Waals surface area contributed by atoms with Crippen LogP contribution < -0.4 is 4.74 Å². The molecular formula is C29H26N4O2. The van der Waals surface area contributed by atoms with Gasteiger partial charge in [0.25, 0.3) is 0 Å². The van der Waals surface area contributed by atoms with E-state index in [9.17, 15) is 4.79 Å². The number of hydrogen-bond acceptors (Lipinski definition) is 5. The number of unbranched alkanes of at least 4 members (excludes halogenated alkanes) is 1. The maximum atomic E-state index is 12.9. The number of fused-ring (bicyclic) bond motifs is 1. The molecule has 5 aromatic rings. The molecule has 174 valence electrons. The Morgan fingerprint density at radius 3 is 2.49 bits per heavy atom. The summed E-state index contributed by atoms with van der Waals surface area (Å²) in [5, 5.41) is 0. The number of rotatable bonds is 9. The van der Waals surface area contributed by atoms with E-state index in [1.807, 2.05) is 83.6 Å². The minimum Gasteiger partial charge on any atom is -0.496 e. The highest BCUT2D eigenvalue weighted by Gasteiger charge is 2.17. The number of ether oxygens (including phenoxy) is 1. The van der Waals surface area contributed by atoms with E-state index in [4.69, 9.17) is 14.7 Å². The highest BCUT2D eigenvalue weighted by Crippen LogP contribution is 2.36. The van der Waals surface area contributed by atoms with Crippen LogP contribution in [0.3, 0.4) is 0 Å². The highest BCUT2D eigenvalue weighted by atomic mass is 16.5. The predicted octanol–water partition coefficient (Wildman–Crippen LogP) is 6.22. The van der Waals surface area contributed by atoms with Crippen molar-refractivity contribution in [3.8, 4) is 28.3 Å². The van der Waals surface area contributed by atoms with Crippen LogP contribution in [-0.2, 0) is 6.54 Å². The summed E-state index contributed by atoms with van der Waals surface area (Å²) in [7, 11) is 1.65.